The summed E-state index contributed by atoms with van der Waals surface area (Å²) in [5.74, 6) is 0. The number of hydrogen-bond donors (Lipinski definition) is 0. The Morgan fingerprint density at radius 2 is 1.12 bits per heavy atom. The van der Waals surface area contributed by atoms with Gasteiger partial charge in [-0.15, -0.1) is 45.3 Å². The number of rotatable bonds is 2. The molecule has 164 valence electrons. The van der Waals surface area contributed by atoms with Crippen molar-refractivity contribution in [3.05, 3.63) is 70.4 Å². The fourth-order valence-electron chi connectivity index (χ4n) is 5.03. The van der Waals surface area contributed by atoms with Gasteiger partial charge < -0.3 is 0 Å². The molecule has 0 atom stereocenters. The van der Waals surface area contributed by atoms with Crippen LogP contribution in [-0.2, 0) is 0 Å². The molecule has 8 heteroatoms. The number of para-hydroxylation sites is 4. The monoisotopic (exact) mass is 512 g/mol. The smallest absolute Gasteiger partial charge is 0.195 e. The Morgan fingerprint density at radius 3 is 1.59 bits per heavy atom. The summed E-state index contributed by atoms with van der Waals surface area (Å²) >= 11 is 7.25. The first-order valence-corrected chi connectivity index (χ1v) is 14.3. The number of aromatic nitrogens is 4. The van der Waals surface area contributed by atoms with Gasteiger partial charge in [-0.1, -0.05) is 24.3 Å². The summed E-state index contributed by atoms with van der Waals surface area (Å²) in [6.45, 7) is 4.55. The van der Waals surface area contributed by atoms with Crippen LogP contribution >= 0.6 is 45.3 Å². The predicted molar refractivity (Wildman–Crippen MR) is 148 cm³/mol. The van der Waals surface area contributed by atoms with Crippen LogP contribution in [0.4, 0.5) is 0 Å². The molecule has 0 saturated carbocycles. The van der Waals surface area contributed by atoms with E-state index in [1.54, 1.807) is 22.7 Å². The molecule has 0 fully saturated rings. The normalized spacial score (nSPS) is 12.4. The van der Waals surface area contributed by atoms with Gasteiger partial charge in [-0.25, -0.2) is 9.97 Å². The number of thiophene rings is 2. The van der Waals surface area contributed by atoms with Gasteiger partial charge in [-0.3, -0.25) is 8.80 Å². The van der Waals surface area contributed by atoms with E-state index < -0.39 is 0 Å². The highest BCUT2D eigenvalue weighted by molar-refractivity contribution is 7.41. The maximum Gasteiger partial charge on any atom is 0.195 e. The Balaban J connectivity index is 1.36. The van der Waals surface area contributed by atoms with Crippen LogP contribution in [0.2, 0.25) is 0 Å². The first-order valence-electron chi connectivity index (χ1n) is 10.9. The van der Waals surface area contributed by atoms with Crippen LogP contribution in [0.3, 0.4) is 0 Å². The van der Waals surface area contributed by atoms with Crippen LogP contribution in [-0.4, -0.2) is 18.8 Å². The highest BCUT2D eigenvalue weighted by Gasteiger charge is 2.23. The lowest BCUT2D eigenvalue weighted by Crippen LogP contribution is -1.87. The van der Waals surface area contributed by atoms with Crippen LogP contribution in [0.25, 0.3) is 62.5 Å². The number of fused-ring (bicyclic) bond motifs is 7. The van der Waals surface area contributed by atoms with Crippen molar-refractivity contribution in [1.29, 1.82) is 0 Å². The summed E-state index contributed by atoms with van der Waals surface area (Å²) in [6, 6.07) is 16.8. The van der Waals surface area contributed by atoms with Crippen molar-refractivity contribution in [3.8, 4) is 21.1 Å². The summed E-state index contributed by atoms with van der Waals surface area (Å²) in [4.78, 5) is 14.4. The number of hydrogen-bond acceptors (Lipinski definition) is 6. The van der Waals surface area contributed by atoms with Gasteiger partial charge in [0, 0.05) is 16.1 Å². The minimum Gasteiger partial charge on any atom is -0.282 e. The van der Waals surface area contributed by atoms with E-state index in [2.05, 4.69) is 81.9 Å². The highest BCUT2D eigenvalue weighted by atomic mass is 32.2. The second-order valence-electron chi connectivity index (χ2n) is 8.45. The molecule has 0 amide bonds. The lowest BCUT2D eigenvalue weighted by atomic mass is 10.1. The number of nitrogens with zero attached hydrogens (tertiary/aromatic N) is 4. The Morgan fingerprint density at radius 1 is 0.647 bits per heavy atom. The fraction of sp³-hybridized carbons (Fsp3) is 0.0769. The van der Waals surface area contributed by atoms with E-state index in [4.69, 9.17) is 9.97 Å². The molecule has 6 aromatic heterocycles. The number of imidazole rings is 2. The molecule has 0 aliphatic carbocycles. The Labute approximate surface area is 210 Å². The summed E-state index contributed by atoms with van der Waals surface area (Å²) in [7, 11) is 0. The predicted octanol–water partition coefficient (Wildman–Crippen LogP) is 8.64. The van der Waals surface area contributed by atoms with Crippen molar-refractivity contribution in [3.63, 3.8) is 0 Å². The van der Waals surface area contributed by atoms with Gasteiger partial charge >= 0.3 is 0 Å². The molecule has 0 N–H and O–H groups in total. The molecule has 0 aliphatic rings. The third kappa shape index (κ3) is 2.41. The van der Waals surface area contributed by atoms with Crippen molar-refractivity contribution in [1.82, 2.24) is 18.8 Å². The molecule has 0 bridgehead atoms. The SMILES string of the molecule is Cc1c(-c2csc3nc4ccccc4n23)sc2sc(-c3csc4nc5ccccc5n34)c(C)c12. The molecule has 0 aliphatic heterocycles. The van der Waals surface area contributed by atoms with E-state index in [0.717, 1.165) is 21.0 Å². The molecular weight excluding hydrogens is 497 g/mol. The van der Waals surface area contributed by atoms with E-state index in [1.165, 1.54) is 52.7 Å². The largest absolute Gasteiger partial charge is 0.282 e. The minimum absolute atomic E-state index is 1.05. The molecule has 0 spiro atoms. The van der Waals surface area contributed by atoms with Crippen molar-refractivity contribution >= 4 is 86.7 Å². The number of aryl methyl sites for hydroxylation is 2. The first-order chi connectivity index (χ1) is 16.7. The molecule has 6 heterocycles. The first kappa shape index (κ1) is 19.3. The van der Waals surface area contributed by atoms with Gasteiger partial charge in [0.25, 0.3) is 0 Å². The molecule has 2 aromatic carbocycles. The zero-order valence-electron chi connectivity index (χ0n) is 18.2. The molecule has 8 aromatic rings. The average Bonchev–Trinajstić information content (AvgIpc) is 3.65. The molecule has 0 unspecified atom stereocenters. The van der Waals surface area contributed by atoms with Gasteiger partial charge in [-0.2, -0.15) is 0 Å². The minimum atomic E-state index is 1.05. The van der Waals surface area contributed by atoms with Crippen molar-refractivity contribution in [2.24, 2.45) is 0 Å². The van der Waals surface area contributed by atoms with Crippen LogP contribution in [0.5, 0.6) is 0 Å². The number of thiazole rings is 2. The quantitative estimate of drug-likeness (QED) is 0.232. The fourth-order valence-corrected chi connectivity index (χ4v) is 9.84. The van der Waals surface area contributed by atoms with Crippen LogP contribution in [0.15, 0.2) is 59.3 Å². The van der Waals surface area contributed by atoms with E-state index in [0.29, 0.717) is 0 Å². The third-order valence-corrected chi connectivity index (χ3v) is 11.0. The van der Waals surface area contributed by atoms with Gasteiger partial charge in [-0.05, 0) is 49.2 Å². The van der Waals surface area contributed by atoms with Crippen molar-refractivity contribution < 1.29 is 0 Å². The second-order valence-corrected chi connectivity index (χ2v) is 12.4. The maximum absolute atomic E-state index is 4.83. The Hall–Kier alpha value is -3.04. The topological polar surface area (TPSA) is 34.6 Å². The van der Waals surface area contributed by atoms with E-state index >= 15 is 0 Å². The zero-order chi connectivity index (χ0) is 22.6. The van der Waals surface area contributed by atoms with Gasteiger partial charge in [0.15, 0.2) is 9.92 Å². The zero-order valence-corrected chi connectivity index (χ0v) is 21.5. The lowest BCUT2D eigenvalue weighted by Gasteiger charge is -2.03. The molecule has 34 heavy (non-hydrogen) atoms. The lowest BCUT2D eigenvalue weighted by molar-refractivity contribution is 1.28. The van der Waals surface area contributed by atoms with Crippen molar-refractivity contribution in [2.45, 2.75) is 13.8 Å². The van der Waals surface area contributed by atoms with Crippen LogP contribution in [0, 0.1) is 13.8 Å². The molecular formula is C26H16N4S4. The summed E-state index contributed by atoms with van der Waals surface area (Å²) in [5, 5.41) is 5.91. The Kier molecular flexibility index (Phi) is 3.84. The summed E-state index contributed by atoms with van der Waals surface area (Å²) in [5.41, 5.74) is 9.68. The summed E-state index contributed by atoms with van der Waals surface area (Å²) in [6.07, 6.45) is 0. The van der Waals surface area contributed by atoms with Crippen LogP contribution in [0.1, 0.15) is 11.1 Å². The molecule has 0 radical (unpaired) electrons. The summed E-state index contributed by atoms with van der Waals surface area (Å²) < 4.78 is 6.02. The van der Waals surface area contributed by atoms with E-state index in [1.807, 2.05) is 22.7 Å². The van der Waals surface area contributed by atoms with Gasteiger partial charge in [0.2, 0.25) is 0 Å². The van der Waals surface area contributed by atoms with Crippen molar-refractivity contribution in [2.75, 3.05) is 0 Å². The maximum atomic E-state index is 4.83. The number of benzene rings is 2. The van der Waals surface area contributed by atoms with E-state index in [9.17, 15) is 0 Å². The second kappa shape index (κ2) is 6.76. The molecule has 4 nitrogen and oxygen atoms in total. The highest BCUT2D eigenvalue weighted by Crippen LogP contribution is 2.49. The molecule has 8 rings (SSSR count). The third-order valence-electron chi connectivity index (χ3n) is 6.58. The van der Waals surface area contributed by atoms with Gasteiger partial charge in [0.05, 0.1) is 47.2 Å². The average molecular weight is 513 g/mol. The Bertz CT molecular complexity index is 1910. The standard InChI is InChI=1S/C26H16N4S4/c1-13-21-14(2)23(20-12-32-26-28-16-8-4-6-10-18(16)30(20)26)34-24(21)33-22(13)19-11-31-25-27-15-7-3-5-9-17(15)29(19)25/h3-12H,1-2H3. The molecule has 0 saturated heterocycles. The van der Waals surface area contributed by atoms with E-state index in [-0.39, 0.29) is 0 Å². The van der Waals surface area contributed by atoms with Gasteiger partial charge in [0.1, 0.15) is 0 Å². The van der Waals surface area contributed by atoms with Crippen LogP contribution < -0.4 is 0 Å².